The quantitative estimate of drug-likeness (QED) is 0.809. The van der Waals surface area contributed by atoms with Crippen LogP contribution in [0.4, 0.5) is 5.69 Å². The number of anilines is 1. The summed E-state index contributed by atoms with van der Waals surface area (Å²) in [5.41, 5.74) is 1.79. The summed E-state index contributed by atoms with van der Waals surface area (Å²) in [6, 6.07) is 11.6. The van der Waals surface area contributed by atoms with Gasteiger partial charge in [-0.15, -0.1) is 11.3 Å². The molecule has 1 N–H and O–H groups in total. The third kappa shape index (κ3) is 2.51. The fourth-order valence-electron chi connectivity index (χ4n) is 1.45. The van der Waals surface area contributed by atoms with Gasteiger partial charge in [-0.05, 0) is 29.1 Å². The van der Waals surface area contributed by atoms with E-state index in [2.05, 4.69) is 6.58 Å². The Morgan fingerprint density at radius 3 is 2.88 bits per heavy atom. The molecule has 2 aromatic rings. The van der Waals surface area contributed by atoms with Crippen LogP contribution in [0.2, 0.25) is 0 Å². The summed E-state index contributed by atoms with van der Waals surface area (Å²) in [5.74, 6) is 0. The van der Waals surface area contributed by atoms with Crippen LogP contribution in [0.15, 0.2) is 48.4 Å². The Hall–Kier alpha value is -1.58. The summed E-state index contributed by atoms with van der Waals surface area (Å²) < 4.78 is 0. The third-order valence-corrected chi connectivity index (χ3v) is 3.15. The van der Waals surface area contributed by atoms with Gasteiger partial charge in [-0.3, -0.25) is 10.3 Å². The van der Waals surface area contributed by atoms with Crippen LogP contribution >= 0.6 is 11.3 Å². The van der Waals surface area contributed by atoms with Crippen molar-refractivity contribution in [3.8, 4) is 0 Å². The SMILES string of the molecule is C=Cc1cccc(N(O)Cc2cccs2)c1. The van der Waals surface area contributed by atoms with E-state index in [1.807, 2.05) is 41.8 Å². The molecule has 0 unspecified atom stereocenters. The molecule has 16 heavy (non-hydrogen) atoms. The minimum atomic E-state index is 0.512. The highest BCUT2D eigenvalue weighted by molar-refractivity contribution is 7.09. The molecule has 2 rings (SSSR count). The summed E-state index contributed by atoms with van der Waals surface area (Å²) >= 11 is 1.63. The third-order valence-electron chi connectivity index (χ3n) is 2.29. The van der Waals surface area contributed by atoms with Crippen LogP contribution in [-0.2, 0) is 6.54 Å². The Labute approximate surface area is 99.0 Å². The molecule has 3 heteroatoms. The highest BCUT2D eigenvalue weighted by Crippen LogP contribution is 2.19. The minimum absolute atomic E-state index is 0.512. The van der Waals surface area contributed by atoms with Crippen molar-refractivity contribution < 1.29 is 5.21 Å². The predicted molar refractivity (Wildman–Crippen MR) is 68.8 cm³/mol. The van der Waals surface area contributed by atoms with E-state index < -0.39 is 0 Å². The molecule has 0 fully saturated rings. The molecule has 82 valence electrons. The molecule has 0 amide bonds. The molecule has 0 aliphatic heterocycles. The Bertz CT molecular complexity index is 465. The summed E-state index contributed by atoms with van der Waals surface area (Å²) in [6.45, 7) is 4.22. The number of nitrogens with zero attached hydrogens (tertiary/aromatic N) is 1. The largest absolute Gasteiger partial charge is 0.288 e. The van der Waals surface area contributed by atoms with Crippen molar-refractivity contribution in [2.75, 3.05) is 5.06 Å². The van der Waals surface area contributed by atoms with Gasteiger partial charge in [0.15, 0.2) is 0 Å². The Kier molecular flexibility index (Phi) is 3.39. The van der Waals surface area contributed by atoms with Gasteiger partial charge in [-0.25, -0.2) is 0 Å². The fraction of sp³-hybridized carbons (Fsp3) is 0.0769. The van der Waals surface area contributed by atoms with Crippen LogP contribution in [-0.4, -0.2) is 5.21 Å². The molecule has 2 nitrogen and oxygen atoms in total. The molecule has 0 radical (unpaired) electrons. The summed E-state index contributed by atoms with van der Waals surface area (Å²) in [6.07, 6.45) is 1.77. The van der Waals surface area contributed by atoms with E-state index in [4.69, 9.17) is 0 Å². The van der Waals surface area contributed by atoms with Crippen molar-refractivity contribution in [2.24, 2.45) is 0 Å². The van der Waals surface area contributed by atoms with Gasteiger partial charge in [0, 0.05) is 4.88 Å². The smallest absolute Gasteiger partial charge is 0.0796 e. The van der Waals surface area contributed by atoms with Crippen LogP contribution in [0.1, 0.15) is 10.4 Å². The van der Waals surface area contributed by atoms with Crippen LogP contribution in [0.25, 0.3) is 6.08 Å². The molecule has 0 spiro atoms. The van der Waals surface area contributed by atoms with Crippen molar-refractivity contribution in [3.63, 3.8) is 0 Å². The van der Waals surface area contributed by atoms with Gasteiger partial charge in [0.05, 0.1) is 12.2 Å². The molecule has 0 saturated heterocycles. The van der Waals surface area contributed by atoms with Gasteiger partial charge in [-0.1, -0.05) is 30.9 Å². The number of thiophene rings is 1. The monoisotopic (exact) mass is 231 g/mol. The maximum Gasteiger partial charge on any atom is 0.0796 e. The predicted octanol–water partition coefficient (Wildman–Crippen LogP) is 3.79. The highest BCUT2D eigenvalue weighted by atomic mass is 32.1. The van der Waals surface area contributed by atoms with Gasteiger partial charge in [0.25, 0.3) is 0 Å². The standard InChI is InChI=1S/C13H13NOS/c1-2-11-5-3-6-12(9-11)14(15)10-13-7-4-8-16-13/h2-9,15H,1,10H2. The summed E-state index contributed by atoms with van der Waals surface area (Å²) in [4.78, 5) is 1.13. The summed E-state index contributed by atoms with van der Waals surface area (Å²) in [7, 11) is 0. The second kappa shape index (κ2) is 4.96. The minimum Gasteiger partial charge on any atom is -0.288 e. The van der Waals surface area contributed by atoms with Crippen LogP contribution in [0, 0.1) is 0 Å². The second-order valence-electron chi connectivity index (χ2n) is 3.44. The van der Waals surface area contributed by atoms with Crippen molar-refractivity contribution in [3.05, 3.63) is 58.8 Å². The lowest BCUT2D eigenvalue weighted by molar-refractivity contribution is 0.251. The zero-order chi connectivity index (χ0) is 11.4. The van der Waals surface area contributed by atoms with Crippen LogP contribution in [0.3, 0.4) is 0 Å². The molecule has 1 aromatic carbocycles. The molecule has 0 aliphatic rings. The summed E-state index contributed by atoms with van der Waals surface area (Å²) in [5, 5.41) is 13.2. The first-order valence-corrected chi connectivity index (χ1v) is 5.89. The van der Waals surface area contributed by atoms with Crippen molar-refractivity contribution >= 4 is 23.1 Å². The number of benzene rings is 1. The molecule has 0 atom stereocenters. The van der Waals surface area contributed by atoms with Crippen molar-refractivity contribution in [1.29, 1.82) is 0 Å². The average Bonchev–Trinajstić information content (AvgIpc) is 2.82. The van der Waals surface area contributed by atoms with E-state index in [0.717, 1.165) is 16.1 Å². The molecule has 0 aliphatic carbocycles. The average molecular weight is 231 g/mol. The number of hydrogen-bond acceptors (Lipinski definition) is 3. The zero-order valence-electron chi connectivity index (χ0n) is 8.84. The molecular formula is C13H13NOS. The number of hydroxylamine groups is 1. The molecule has 0 saturated carbocycles. The Balaban J connectivity index is 2.14. The molecular weight excluding hydrogens is 218 g/mol. The van der Waals surface area contributed by atoms with Crippen molar-refractivity contribution in [2.45, 2.75) is 6.54 Å². The fourth-order valence-corrected chi connectivity index (χ4v) is 2.14. The van der Waals surface area contributed by atoms with Gasteiger partial charge in [0.1, 0.15) is 0 Å². The van der Waals surface area contributed by atoms with E-state index in [0.29, 0.717) is 6.54 Å². The Morgan fingerprint density at radius 1 is 1.31 bits per heavy atom. The maximum atomic E-state index is 9.92. The first-order chi connectivity index (χ1) is 7.79. The lowest BCUT2D eigenvalue weighted by atomic mass is 10.2. The van der Waals surface area contributed by atoms with Gasteiger partial charge in [-0.2, -0.15) is 0 Å². The second-order valence-corrected chi connectivity index (χ2v) is 4.47. The lowest BCUT2D eigenvalue weighted by Gasteiger charge is -2.16. The molecule has 1 aromatic heterocycles. The van der Waals surface area contributed by atoms with Gasteiger partial charge >= 0.3 is 0 Å². The first-order valence-electron chi connectivity index (χ1n) is 5.01. The van der Waals surface area contributed by atoms with Gasteiger partial charge in [0.2, 0.25) is 0 Å². The van der Waals surface area contributed by atoms with E-state index in [1.165, 1.54) is 5.06 Å². The molecule has 0 bridgehead atoms. The van der Waals surface area contributed by atoms with Crippen LogP contribution < -0.4 is 5.06 Å². The lowest BCUT2D eigenvalue weighted by Crippen LogP contribution is -2.16. The van der Waals surface area contributed by atoms with E-state index in [-0.39, 0.29) is 0 Å². The zero-order valence-corrected chi connectivity index (χ0v) is 9.65. The maximum absolute atomic E-state index is 9.92. The first kappa shape index (κ1) is 10.9. The van der Waals surface area contributed by atoms with Gasteiger partial charge < -0.3 is 0 Å². The van der Waals surface area contributed by atoms with E-state index >= 15 is 0 Å². The highest BCUT2D eigenvalue weighted by Gasteiger charge is 2.04. The van der Waals surface area contributed by atoms with E-state index in [1.54, 1.807) is 17.4 Å². The van der Waals surface area contributed by atoms with Crippen molar-refractivity contribution in [1.82, 2.24) is 0 Å². The Morgan fingerprint density at radius 2 is 2.19 bits per heavy atom. The number of hydrogen-bond donors (Lipinski definition) is 1. The van der Waals surface area contributed by atoms with Crippen LogP contribution in [0.5, 0.6) is 0 Å². The normalized spacial score (nSPS) is 10.1. The topological polar surface area (TPSA) is 23.5 Å². The number of rotatable bonds is 4. The van der Waals surface area contributed by atoms with E-state index in [9.17, 15) is 5.21 Å². The molecule has 1 heterocycles.